The van der Waals surface area contributed by atoms with Crippen LogP contribution in [0.3, 0.4) is 0 Å². The van der Waals surface area contributed by atoms with E-state index < -0.39 is 6.09 Å². The van der Waals surface area contributed by atoms with E-state index in [2.05, 4.69) is 30.4 Å². The molecule has 0 radical (unpaired) electrons. The van der Waals surface area contributed by atoms with E-state index in [1.165, 1.54) is 36.2 Å². The van der Waals surface area contributed by atoms with E-state index >= 15 is 0 Å². The number of nitrogens with zero attached hydrogens (tertiary/aromatic N) is 2. The predicted molar refractivity (Wildman–Crippen MR) is 138 cm³/mol. The van der Waals surface area contributed by atoms with E-state index in [-0.39, 0.29) is 30.1 Å². The van der Waals surface area contributed by atoms with E-state index in [0.29, 0.717) is 30.8 Å². The number of hydrogen-bond donors (Lipinski definition) is 3. The molecule has 0 aromatic carbocycles. The first-order valence-electron chi connectivity index (χ1n) is 14.0. The largest absolute Gasteiger partial charge is 0.436 e. The summed E-state index contributed by atoms with van der Waals surface area (Å²) in [6.07, 6.45) is 10.6. The normalized spacial score (nSPS) is 38.7. The molecule has 198 valence electrons. The van der Waals surface area contributed by atoms with Gasteiger partial charge in [0.1, 0.15) is 0 Å². The van der Waals surface area contributed by atoms with E-state index in [4.69, 9.17) is 4.84 Å². The van der Waals surface area contributed by atoms with Crippen molar-refractivity contribution < 1.29 is 19.8 Å². The van der Waals surface area contributed by atoms with Crippen molar-refractivity contribution in [1.82, 2.24) is 10.2 Å². The van der Waals surface area contributed by atoms with Gasteiger partial charge in [-0.25, -0.2) is 4.79 Å². The van der Waals surface area contributed by atoms with Crippen LogP contribution in [0.1, 0.15) is 79.1 Å². The first kappa shape index (κ1) is 26.6. The van der Waals surface area contributed by atoms with Gasteiger partial charge in [0.15, 0.2) is 0 Å². The monoisotopic (exact) mass is 489 g/mol. The second-order valence-electron chi connectivity index (χ2n) is 12.0. The zero-order valence-corrected chi connectivity index (χ0v) is 22.3. The molecule has 4 rings (SSSR count). The number of oxime groups is 1. The standard InChI is InChI=1S/C28H47N3O4/c1-5-29-14-15-31(16-17-32)26(34)35-30-19(2)23-8-9-24-22-7-6-20-18-21(33)10-12-27(20,3)25(22)11-13-28(23,24)4/h18,21-25,29,32-33H,5-17H2,1-4H3/b30-19+/t21-,22+,23-,24+,25+,27+,28-/m1/s1. The van der Waals surface area contributed by atoms with Gasteiger partial charge in [-0.1, -0.05) is 37.6 Å². The zero-order chi connectivity index (χ0) is 25.2. The minimum Gasteiger partial charge on any atom is -0.395 e. The second kappa shape index (κ2) is 10.9. The summed E-state index contributed by atoms with van der Waals surface area (Å²) in [7, 11) is 0. The molecule has 0 heterocycles. The summed E-state index contributed by atoms with van der Waals surface area (Å²) < 4.78 is 0. The van der Waals surface area contributed by atoms with E-state index in [1.54, 1.807) is 0 Å². The van der Waals surface area contributed by atoms with Crippen LogP contribution >= 0.6 is 0 Å². The van der Waals surface area contributed by atoms with Gasteiger partial charge < -0.3 is 20.4 Å². The number of carbonyl (C=O) groups is 1. The quantitative estimate of drug-likeness (QED) is 0.155. The average molecular weight is 490 g/mol. The summed E-state index contributed by atoms with van der Waals surface area (Å²) in [6, 6.07) is 0. The number of hydrogen-bond acceptors (Lipinski definition) is 6. The Labute approximate surface area is 211 Å². The third-order valence-electron chi connectivity index (χ3n) is 10.3. The van der Waals surface area contributed by atoms with Crippen molar-refractivity contribution in [2.75, 3.05) is 32.8 Å². The lowest BCUT2D eigenvalue weighted by molar-refractivity contribution is -0.0479. The van der Waals surface area contributed by atoms with Crippen LogP contribution in [-0.4, -0.2) is 65.8 Å². The van der Waals surface area contributed by atoms with E-state index in [1.807, 2.05) is 13.8 Å². The minimum absolute atomic E-state index is 0.0936. The maximum Gasteiger partial charge on any atom is 0.436 e. The maximum atomic E-state index is 12.6. The Bertz CT molecular complexity index is 829. The van der Waals surface area contributed by atoms with Crippen molar-refractivity contribution >= 4 is 11.8 Å². The van der Waals surface area contributed by atoms with Crippen molar-refractivity contribution in [1.29, 1.82) is 0 Å². The van der Waals surface area contributed by atoms with Crippen molar-refractivity contribution in [2.24, 2.45) is 39.7 Å². The highest BCUT2D eigenvalue weighted by molar-refractivity contribution is 5.85. The number of rotatable bonds is 8. The Kier molecular flexibility index (Phi) is 8.29. The Morgan fingerprint density at radius 2 is 1.97 bits per heavy atom. The summed E-state index contributed by atoms with van der Waals surface area (Å²) in [5, 5.41) is 27.1. The molecule has 4 aliphatic rings. The van der Waals surface area contributed by atoms with Gasteiger partial charge in [0.2, 0.25) is 0 Å². The van der Waals surface area contributed by atoms with E-state index in [9.17, 15) is 15.0 Å². The van der Waals surface area contributed by atoms with Crippen LogP contribution in [0.15, 0.2) is 16.8 Å². The molecule has 4 aliphatic carbocycles. The van der Waals surface area contributed by atoms with Gasteiger partial charge in [-0.2, -0.15) is 0 Å². The zero-order valence-electron chi connectivity index (χ0n) is 22.3. The van der Waals surface area contributed by atoms with Gasteiger partial charge in [-0.05, 0) is 93.4 Å². The molecule has 3 N–H and O–H groups in total. The fourth-order valence-corrected chi connectivity index (χ4v) is 8.43. The maximum absolute atomic E-state index is 12.6. The minimum atomic E-state index is -0.487. The molecule has 1 amide bonds. The van der Waals surface area contributed by atoms with Crippen molar-refractivity contribution in [3.8, 4) is 0 Å². The van der Waals surface area contributed by atoms with Crippen LogP contribution in [0.25, 0.3) is 0 Å². The Morgan fingerprint density at radius 3 is 2.71 bits per heavy atom. The van der Waals surface area contributed by atoms with Crippen LogP contribution in [0.5, 0.6) is 0 Å². The van der Waals surface area contributed by atoms with Crippen molar-refractivity contribution in [3.63, 3.8) is 0 Å². The second-order valence-corrected chi connectivity index (χ2v) is 12.0. The summed E-state index contributed by atoms with van der Waals surface area (Å²) in [6.45, 7) is 11.1. The van der Waals surface area contributed by atoms with E-state index in [0.717, 1.165) is 43.9 Å². The average Bonchev–Trinajstić information content (AvgIpc) is 3.19. The Hall–Kier alpha value is -1.44. The first-order valence-corrected chi connectivity index (χ1v) is 14.0. The molecule has 7 atom stereocenters. The molecule has 0 aromatic heterocycles. The molecule has 35 heavy (non-hydrogen) atoms. The first-order chi connectivity index (χ1) is 16.7. The lowest BCUT2D eigenvalue weighted by Gasteiger charge is -2.58. The van der Waals surface area contributed by atoms with Gasteiger partial charge in [0, 0.05) is 25.6 Å². The number of nitrogens with one attached hydrogen (secondary N) is 1. The molecule has 0 aliphatic heterocycles. The fraction of sp³-hybridized carbons (Fsp3) is 0.857. The third kappa shape index (κ3) is 5.05. The molecule has 3 fully saturated rings. The lowest BCUT2D eigenvalue weighted by atomic mass is 9.46. The van der Waals surface area contributed by atoms with Crippen LogP contribution in [0.2, 0.25) is 0 Å². The Balaban J connectivity index is 1.43. The SMILES string of the molecule is CCNCCN(CCO)C(=O)O/N=C(\C)[C@H]1CC[C@H]2[C@@H]3CCC4=C[C@H](O)CC[C@]4(C)[C@H]3CC[C@]12C. The highest BCUT2D eigenvalue weighted by atomic mass is 16.7. The van der Waals surface area contributed by atoms with Gasteiger partial charge in [0.05, 0.1) is 18.4 Å². The van der Waals surface area contributed by atoms with Crippen LogP contribution in [0.4, 0.5) is 4.79 Å². The summed E-state index contributed by atoms with van der Waals surface area (Å²) >= 11 is 0. The molecule has 0 unspecified atom stereocenters. The van der Waals surface area contributed by atoms with Crippen LogP contribution in [0, 0.1) is 34.5 Å². The van der Waals surface area contributed by atoms with Gasteiger partial charge in [-0.15, -0.1) is 0 Å². The molecular formula is C28H47N3O4. The molecule has 0 bridgehead atoms. The smallest absolute Gasteiger partial charge is 0.395 e. The molecule has 0 saturated heterocycles. The van der Waals surface area contributed by atoms with Gasteiger partial charge in [0.25, 0.3) is 0 Å². The third-order valence-corrected chi connectivity index (χ3v) is 10.3. The molecular weight excluding hydrogens is 442 g/mol. The molecule has 7 nitrogen and oxygen atoms in total. The number of aliphatic hydroxyl groups is 2. The predicted octanol–water partition coefficient (Wildman–Crippen LogP) is 4.34. The molecule has 0 aromatic rings. The highest BCUT2D eigenvalue weighted by Crippen LogP contribution is 2.66. The number of carbonyl (C=O) groups excluding carboxylic acids is 1. The Morgan fingerprint density at radius 1 is 1.17 bits per heavy atom. The summed E-state index contributed by atoms with van der Waals surface area (Å²) in [5.74, 6) is 2.47. The van der Waals surface area contributed by atoms with Crippen molar-refractivity contribution in [2.45, 2.75) is 85.2 Å². The van der Waals surface area contributed by atoms with Crippen molar-refractivity contribution in [3.05, 3.63) is 11.6 Å². The van der Waals surface area contributed by atoms with Gasteiger partial charge >= 0.3 is 6.09 Å². The van der Waals surface area contributed by atoms with Crippen LogP contribution in [-0.2, 0) is 4.84 Å². The fourth-order valence-electron chi connectivity index (χ4n) is 8.43. The number of aliphatic hydroxyl groups excluding tert-OH is 2. The molecule has 7 heteroatoms. The van der Waals surface area contributed by atoms with Gasteiger partial charge in [-0.3, -0.25) is 4.84 Å². The highest BCUT2D eigenvalue weighted by Gasteiger charge is 2.59. The lowest BCUT2D eigenvalue weighted by Crippen LogP contribution is -2.51. The number of fused-ring (bicyclic) bond motifs is 5. The summed E-state index contributed by atoms with van der Waals surface area (Å²) in [5.41, 5.74) is 2.90. The molecule has 0 spiro atoms. The number of amides is 1. The molecule has 3 saturated carbocycles. The summed E-state index contributed by atoms with van der Waals surface area (Å²) in [4.78, 5) is 19.5. The van der Waals surface area contributed by atoms with Crippen LogP contribution < -0.4 is 5.32 Å². The number of allylic oxidation sites excluding steroid dienone is 1. The topological polar surface area (TPSA) is 94.4 Å². The number of likely N-dealkylation sites (N-methyl/N-ethyl adjacent to an activating group) is 1.